The van der Waals surface area contributed by atoms with Crippen LogP contribution >= 0.6 is 15.9 Å². The third-order valence-electron chi connectivity index (χ3n) is 2.42. The molecule has 0 spiro atoms. The number of aryl methyl sites for hydroxylation is 1. The number of imidazole rings is 1. The summed E-state index contributed by atoms with van der Waals surface area (Å²) < 4.78 is 20.3. The van der Waals surface area contributed by atoms with Crippen molar-refractivity contribution in [3.05, 3.63) is 39.9 Å². The predicted molar refractivity (Wildman–Crippen MR) is 75.0 cm³/mol. The summed E-state index contributed by atoms with van der Waals surface area (Å²) in [6.07, 6.45) is 3.22. The molecule has 0 saturated carbocycles. The fourth-order valence-corrected chi connectivity index (χ4v) is 2.09. The molecule has 2 aromatic rings. The van der Waals surface area contributed by atoms with Crippen LogP contribution in [0.1, 0.15) is 11.3 Å². The first-order valence-corrected chi connectivity index (χ1v) is 6.19. The molecule has 19 heavy (non-hydrogen) atoms. The van der Waals surface area contributed by atoms with Gasteiger partial charge in [0.1, 0.15) is 11.6 Å². The minimum absolute atomic E-state index is 0.283. The van der Waals surface area contributed by atoms with Crippen molar-refractivity contribution in [3.8, 4) is 5.75 Å². The summed E-state index contributed by atoms with van der Waals surface area (Å²) in [5.41, 5.74) is 7.06. The first-order valence-electron chi connectivity index (χ1n) is 5.40. The number of hydrogen-bond donors (Lipinski definition) is 1. The summed E-state index contributed by atoms with van der Waals surface area (Å²) in [6.45, 7) is 1.82. The van der Waals surface area contributed by atoms with Crippen molar-refractivity contribution >= 4 is 28.1 Å². The summed E-state index contributed by atoms with van der Waals surface area (Å²) in [6, 6.07) is 2.63. The van der Waals surface area contributed by atoms with Crippen LogP contribution < -0.4 is 10.5 Å². The molecule has 1 aromatic heterocycles. The molecule has 1 aromatic carbocycles. The van der Waals surface area contributed by atoms with E-state index in [0.29, 0.717) is 15.8 Å². The molecular formula is C12H12BrFN4O. The Balaban J connectivity index is 2.40. The summed E-state index contributed by atoms with van der Waals surface area (Å²) in [5.74, 6) is 0.274. The fraction of sp³-hybridized carbons (Fsp3) is 0.167. The standard InChI is InChI=1S/C12H12BrFN4O/c1-7-6-18(12(15)17-7)16-5-9-10(13)3-8(14)4-11(9)19-2/h3-6H,1-2H3,(H2,15,17). The van der Waals surface area contributed by atoms with Gasteiger partial charge in [0.05, 0.1) is 30.8 Å². The van der Waals surface area contributed by atoms with Gasteiger partial charge in [-0.2, -0.15) is 5.10 Å². The van der Waals surface area contributed by atoms with Crippen LogP contribution in [-0.4, -0.2) is 23.0 Å². The maximum absolute atomic E-state index is 13.2. The van der Waals surface area contributed by atoms with E-state index in [1.807, 2.05) is 6.92 Å². The Morgan fingerprint density at radius 3 is 2.84 bits per heavy atom. The largest absolute Gasteiger partial charge is 0.496 e. The van der Waals surface area contributed by atoms with Gasteiger partial charge < -0.3 is 10.5 Å². The Morgan fingerprint density at radius 2 is 2.26 bits per heavy atom. The minimum atomic E-state index is -0.390. The second-order valence-electron chi connectivity index (χ2n) is 3.83. The first kappa shape index (κ1) is 13.5. The summed E-state index contributed by atoms with van der Waals surface area (Å²) >= 11 is 3.27. The molecule has 0 aliphatic rings. The van der Waals surface area contributed by atoms with E-state index in [4.69, 9.17) is 10.5 Å². The van der Waals surface area contributed by atoms with Crippen molar-refractivity contribution in [3.63, 3.8) is 0 Å². The number of nitrogen functional groups attached to an aromatic ring is 1. The van der Waals surface area contributed by atoms with Gasteiger partial charge in [0.15, 0.2) is 0 Å². The van der Waals surface area contributed by atoms with Gasteiger partial charge >= 0.3 is 0 Å². The van der Waals surface area contributed by atoms with E-state index in [0.717, 1.165) is 5.69 Å². The topological polar surface area (TPSA) is 65.4 Å². The molecule has 2 rings (SSSR count). The van der Waals surface area contributed by atoms with Gasteiger partial charge in [-0.3, -0.25) is 0 Å². The van der Waals surface area contributed by atoms with Crippen molar-refractivity contribution in [1.29, 1.82) is 0 Å². The van der Waals surface area contributed by atoms with Crippen LogP contribution in [-0.2, 0) is 0 Å². The lowest BCUT2D eigenvalue weighted by Gasteiger charge is -2.06. The average molecular weight is 327 g/mol. The average Bonchev–Trinajstić information content (AvgIpc) is 2.65. The second-order valence-corrected chi connectivity index (χ2v) is 4.69. The molecule has 0 bridgehead atoms. The van der Waals surface area contributed by atoms with Crippen LogP contribution in [0, 0.1) is 12.7 Å². The lowest BCUT2D eigenvalue weighted by molar-refractivity contribution is 0.410. The zero-order chi connectivity index (χ0) is 14.0. The Bertz CT molecular complexity index is 639. The number of rotatable bonds is 3. The number of methoxy groups -OCH3 is 1. The molecular weight excluding hydrogens is 315 g/mol. The van der Waals surface area contributed by atoms with Crippen LogP contribution in [0.15, 0.2) is 27.9 Å². The Morgan fingerprint density at radius 1 is 1.53 bits per heavy atom. The third-order valence-corrected chi connectivity index (χ3v) is 3.08. The van der Waals surface area contributed by atoms with Crippen molar-refractivity contribution in [2.75, 3.05) is 12.8 Å². The maximum Gasteiger partial charge on any atom is 0.221 e. The highest BCUT2D eigenvalue weighted by Gasteiger charge is 2.08. The number of benzene rings is 1. The molecule has 0 atom stereocenters. The Labute approximate surface area is 118 Å². The molecule has 0 aliphatic heterocycles. The van der Waals surface area contributed by atoms with Crippen molar-refractivity contribution < 1.29 is 9.13 Å². The molecule has 7 heteroatoms. The number of aromatic nitrogens is 2. The molecule has 0 radical (unpaired) electrons. The summed E-state index contributed by atoms with van der Waals surface area (Å²) in [5, 5.41) is 4.17. The van der Waals surface area contributed by atoms with E-state index >= 15 is 0 Å². The minimum Gasteiger partial charge on any atom is -0.496 e. The Hall–Kier alpha value is -1.89. The summed E-state index contributed by atoms with van der Waals surface area (Å²) in [4.78, 5) is 4.03. The van der Waals surface area contributed by atoms with Crippen molar-refractivity contribution in [1.82, 2.24) is 9.66 Å². The van der Waals surface area contributed by atoms with Crippen LogP contribution in [0.25, 0.3) is 0 Å². The summed E-state index contributed by atoms with van der Waals surface area (Å²) in [7, 11) is 1.47. The van der Waals surface area contributed by atoms with E-state index in [2.05, 4.69) is 26.0 Å². The van der Waals surface area contributed by atoms with E-state index in [9.17, 15) is 4.39 Å². The molecule has 100 valence electrons. The van der Waals surface area contributed by atoms with E-state index in [1.54, 1.807) is 6.20 Å². The molecule has 0 fully saturated rings. The van der Waals surface area contributed by atoms with Gasteiger partial charge in [-0.25, -0.2) is 14.1 Å². The normalized spacial score (nSPS) is 11.2. The third kappa shape index (κ3) is 2.93. The number of hydrogen-bond acceptors (Lipinski definition) is 4. The monoisotopic (exact) mass is 326 g/mol. The number of ether oxygens (including phenoxy) is 1. The van der Waals surface area contributed by atoms with Gasteiger partial charge in [-0.15, -0.1) is 0 Å². The molecule has 0 saturated heterocycles. The lowest BCUT2D eigenvalue weighted by atomic mass is 10.2. The predicted octanol–water partition coefficient (Wildman–Crippen LogP) is 2.57. The van der Waals surface area contributed by atoms with Crippen LogP contribution in [0.4, 0.5) is 10.3 Å². The maximum atomic E-state index is 13.2. The highest BCUT2D eigenvalue weighted by molar-refractivity contribution is 9.10. The SMILES string of the molecule is COc1cc(F)cc(Br)c1C=Nn1cc(C)nc1N. The van der Waals surface area contributed by atoms with Crippen molar-refractivity contribution in [2.45, 2.75) is 6.92 Å². The van der Waals surface area contributed by atoms with Gasteiger partial charge in [-0.1, -0.05) is 0 Å². The van der Waals surface area contributed by atoms with Crippen LogP contribution in [0.5, 0.6) is 5.75 Å². The van der Waals surface area contributed by atoms with Crippen LogP contribution in [0.2, 0.25) is 0 Å². The fourth-order valence-electron chi connectivity index (χ4n) is 1.57. The smallest absolute Gasteiger partial charge is 0.221 e. The molecule has 0 amide bonds. The van der Waals surface area contributed by atoms with E-state index in [-0.39, 0.29) is 11.8 Å². The number of anilines is 1. The highest BCUT2D eigenvalue weighted by atomic mass is 79.9. The zero-order valence-corrected chi connectivity index (χ0v) is 12.0. The van der Waals surface area contributed by atoms with Crippen molar-refractivity contribution in [2.24, 2.45) is 5.10 Å². The van der Waals surface area contributed by atoms with E-state index in [1.165, 1.54) is 30.1 Å². The molecule has 2 N–H and O–H groups in total. The molecule has 1 heterocycles. The van der Waals surface area contributed by atoms with Gasteiger partial charge in [0.25, 0.3) is 0 Å². The molecule has 5 nitrogen and oxygen atoms in total. The zero-order valence-electron chi connectivity index (χ0n) is 10.4. The number of nitrogens with two attached hydrogens (primary N) is 1. The Kier molecular flexibility index (Phi) is 3.84. The van der Waals surface area contributed by atoms with E-state index < -0.39 is 0 Å². The van der Waals surface area contributed by atoms with Gasteiger partial charge in [-0.05, 0) is 28.9 Å². The molecule has 0 unspecified atom stereocenters. The van der Waals surface area contributed by atoms with Gasteiger partial charge in [0, 0.05) is 10.5 Å². The van der Waals surface area contributed by atoms with Crippen LogP contribution in [0.3, 0.4) is 0 Å². The quantitative estimate of drug-likeness (QED) is 0.881. The molecule has 0 aliphatic carbocycles. The highest BCUT2D eigenvalue weighted by Crippen LogP contribution is 2.26. The number of halogens is 2. The second kappa shape index (κ2) is 5.40. The lowest BCUT2D eigenvalue weighted by Crippen LogP contribution is -1.99. The first-order chi connectivity index (χ1) is 9.01. The van der Waals surface area contributed by atoms with Gasteiger partial charge in [0.2, 0.25) is 5.95 Å². The number of nitrogens with zero attached hydrogens (tertiary/aromatic N) is 3.